The number of hydrogen-bond donors (Lipinski definition) is 4. The predicted molar refractivity (Wildman–Crippen MR) is 140 cm³/mol. The van der Waals surface area contributed by atoms with Gasteiger partial charge in [0.05, 0.1) is 11.3 Å². The number of para-hydroxylation sites is 1. The van der Waals surface area contributed by atoms with Gasteiger partial charge >= 0.3 is 5.97 Å². The quantitative estimate of drug-likeness (QED) is 0.161. The number of rotatable bonds is 7. The van der Waals surface area contributed by atoms with Crippen molar-refractivity contribution >= 4 is 46.1 Å². The third kappa shape index (κ3) is 5.55. The molecule has 0 bridgehead atoms. The van der Waals surface area contributed by atoms with E-state index in [4.69, 9.17) is 10.7 Å². The lowest BCUT2D eigenvalue weighted by molar-refractivity contribution is -0.129. The van der Waals surface area contributed by atoms with Crippen LogP contribution in [0.5, 0.6) is 5.75 Å². The topological polar surface area (TPSA) is 120 Å². The van der Waals surface area contributed by atoms with Crippen LogP contribution in [0.25, 0.3) is 0 Å². The number of nitrogens with two attached hydrogens (primary N) is 1. The molecule has 0 saturated carbocycles. The molecule has 4 rings (SSSR count). The molecule has 0 spiro atoms. The molecule has 34 heavy (non-hydrogen) atoms. The molecule has 9 heteroatoms. The lowest BCUT2D eigenvalue weighted by Gasteiger charge is -2.18. The lowest BCUT2D eigenvalue weighted by Crippen LogP contribution is -2.23. The molecule has 2 atom stereocenters. The van der Waals surface area contributed by atoms with Gasteiger partial charge in [0.2, 0.25) is 0 Å². The van der Waals surface area contributed by atoms with E-state index in [0.717, 1.165) is 16.0 Å². The van der Waals surface area contributed by atoms with E-state index in [0.29, 0.717) is 16.4 Å². The molecule has 174 valence electrons. The zero-order valence-electron chi connectivity index (χ0n) is 18.4. The third-order valence-electron chi connectivity index (χ3n) is 5.41. The Kier molecular flexibility index (Phi) is 7.44. The monoisotopic (exact) mass is 492 g/mol. The molecular formula is C25H24N4O3S2. The average molecular weight is 493 g/mol. The molecule has 7 nitrogen and oxygen atoms in total. The molecule has 0 aliphatic carbocycles. The number of carbonyl (C=O) groups is 1. The van der Waals surface area contributed by atoms with Crippen molar-refractivity contribution in [2.24, 2.45) is 10.1 Å². The summed E-state index contributed by atoms with van der Waals surface area (Å²) in [7, 11) is 0. The highest BCUT2D eigenvalue weighted by atomic mass is 32.2. The number of hydrazone groups is 1. The zero-order chi connectivity index (χ0) is 24.1. The lowest BCUT2D eigenvalue weighted by atomic mass is 9.99. The van der Waals surface area contributed by atoms with Gasteiger partial charge in [-0.25, -0.2) is 4.79 Å². The highest BCUT2D eigenvalue weighted by molar-refractivity contribution is 8.14. The molecule has 1 heterocycles. The van der Waals surface area contributed by atoms with Crippen LogP contribution in [0.15, 0.2) is 87.8 Å². The Balaban J connectivity index is 1.60. The van der Waals surface area contributed by atoms with Gasteiger partial charge in [-0.3, -0.25) is 10.4 Å². The van der Waals surface area contributed by atoms with Gasteiger partial charge in [-0.2, -0.15) is 5.10 Å². The second-order valence-corrected chi connectivity index (χ2v) is 9.64. The van der Waals surface area contributed by atoms with E-state index in [2.05, 4.69) is 34.8 Å². The Bertz CT molecular complexity index is 1230. The summed E-state index contributed by atoms with van der Waals surface area (Å²) >= 11 is 3.14. The maximum absolute atomic E-state index is 11.8. The van der Waals surface area contributed by atoms with E-state index >= 15 is 0 Å². The number of aliphatic imine (C=N–C) groups is 1. The number of phenolic OH excluding ortho intramolecular Hbond substituents is 1. The number of anilines is 1. The number of nitrogens with zero attached hydrogens (tertiary/aromatic N) is 2. The first-order valence-corrected chi connectivity index (χ1v) is 12.6. The van der Waals surface area contributed by atoms with E-state index in [1.807, 2.05) is 24.5 Å². The molecule has 3 aromatic rings. The number of amidine groups is 1. The van der Waals surface area contributed by atoms with Gasteiger partial charge in [0, 0.05) is 17.0 Å². The van der Waals surface area contributed by atoms with Gasteiger partial charge in [-0.05, 0) is 53.3 Å². The van der Waals surface area contributed by atoms with Gasteiger partial charge in [0.1, 0.15) is 11.5 Å². The molecule has 0 amide bonds. The number of phenols is 1. The molecule has 2 unspecified atom stereocenters. The number of aromatic hydroxyl groups is 1. The fourth-order valence-electron chi connectivity index (χ4n) is 3.58. The van der Waals surface area contributed by atoms with Crippen molar-refractivity contribution < 1.29 is 15.0 Å². The Morgan fingerprint density at radius 2 is 1.76 bits per heavy atom. The number of nitrogens with one attached hydrogen (secondary N) is 1. The number of aliphatic carboxylic acids is 1. The normalized spacial score (nSPS) is 17.9. The molecule has 0 aromatic heterocycles. The molecule has 0 fully saturated rings. The maximum Gasteiger partial charge on any atom is 0.352 e. The molecule has 0 radical (unpaired) electrons. The second kappa shape index (κ2) is 10.7. The third-order valence-corrected chi connectivity index (χ3v) is 7.35. The van der Waals surface area contributed by atoms with Crippen molar-refractivity contribution in [3.8, 4) is 5.75 Å². The average Bonchev–Trinajstić information content (AvgIpc) is 3.27. The van der Waals surface area contributed by atoms with E-state index in [1.165, 1.54) is 11.8 Å². The Morgan fingerprint density at radius 3 is 2.41 bits per heavy atom. The summed E-state index contributed by atoms with van der Waals surface area (Å²) in [5.41, 5.74) is 12.0. The van der Waals surface area contributed by atoms with Crippen LogP contribution in [0.2, 0.25) is 0 Å². The number of nitrogen functional groups attached to an aromatic ring is 1. The number of benzene rings is 3. The summed E-state index contributed by atoms with van der Waals surface area (Å²) < 4.78 is 0. The van der Waals surface area contributed by atoms with Gasteiger partial charge in [0.15, 0.2) is 5.17 Å². The molecule has 3 aromatic carbocycles. The minimum absolute atomic E-state index is 0.0588. The summed E-state index contributed by atoms with van der Waals surface area (Å²) in [5.74, 6) is -0.929. The van der Waals surface area contributed by atoms with E-state index < -0.39 is 5.97 Å². The largest absolute Gasteiger partial charge is 0.508 e. The Morgan fingerprint density at radius 1 is 1.09 bits per heavy atom. The number of carboxylic acids is 1. The van der Waals surface area contributed by atoms with Crippen LogP contribution in [-0.4, -0.2) is 33.3 Å². The standard InChI is InChI=1S/C25H24N4O3S2/c1-33-19-12-8-15(9-13-19)22-23(16-6-10-18(30)11-7-16)34-25(27-22)29-28-21(24(31)32)14-17-4-2-3-5-20(17)26/h2-13,22-23,30H,14,26H2,1H3,(H,27,29)(H,31,32)/b28-21+. The maximum atomic E-state index is 11.8. The van der Waals surface area contributed by atoms with Gasteiger partial charge in [-0.15, -0.1) is 11.8 Å². The van der Waals surface area contributed by atoms with E-state index in [1.54, 1.807) is 42.1 Å². The fourth-order valence-corrected chi connectivity index (χ4v) is 5.14. The second-order valence-electron chi connectivity index (χ2n) is 7.63. The van der Waals surface area contributed by atoms with Crippen molar-refractivity contribution in [2.45, 2.75) is 22.6 Å². The first-order valence-electron chi connectivity index (χ1n) is 10.5. The zero-order valence-corrected chi connectivity index (χ0v) is 20.0. The smallest absolute Gasteiger partial charge is 0.352 e. The molecule has 0 saturated heterocycles. The fraction of sp³-hybridized carbons (Fsp3) is 0.160. The van der Waals surface area contributed by atoms with Crippen LogP contribution in [0.3, 0.4) is 0 Å². The SMILES string of the molecule is CSc1ccc(C2N=C(N/N=C(\Cc3ccccc3N)C(=O)O)SC2c2ccc(O)cc2)cc1. The summed E-state index contributed by atoms with van der Waals surface area (Å²) in [5, 5.41) is 24.0. The minimum Gasteiger partial charge on any atom is -0.508 e. The first kappa shape index (κ1) is 23.7. The van der Waals surface area contributed by atoms with E-state index in [9.17, 15) is 15.0 Å². The number of hydrogen-bond acceptors (Lipinski definition) is 8. The molecule has 1 aliphatic rings. The van der Waals surface area contributed by atoms with Crippen LogP contribution in [0, 0.1) is 0 Å². The van der Waals surface area contributed by atoms with Crippen molar-refractivity contribution in [2.75, 3.05) is 12.0 Å². The summed E-state index contributed by atoms with van der Waals surface area (Å²) in [6, 6.07) is 22.2. The Labute approximate surface area is 206 Å². The first-order chi connectivity index (χ1) is 16.4. The van der Waals surface area contributed by atoms with Crippen LogP contribution < -0.4 is 11.2 Å². The van der Waals surface area contributed by atoms with Crippen molar-refractivity contribution in [3.05, 3.63) is 89.5 Å². The van der Waals surface area contributed by atoms with Gasteiger partial charge < -0.3 is 15.9 Å². The molecular weight excluding hydrogens is 468 g/mol. The van der Waals surface area contributed by atoms with Crippen LogP contribution >= 0.6 is 23.5 Å². The highest BCUT2D eigenvalue weighted by Gasteiger charge is 2.33. The van der Waals surface area contributed by atoms with Crippen molar-refractivity contribution in [1.82, 2.24) is 5.43 Å². The number of carboxylic acid groups (broad SMARTS) is 1. The van der Waals surface area contributed by atoms with Crippen molar-refractivity contribution in [1.29, 1.82) is 0 Å². The van der Waals surface area contributed by atoms with Gasteiger partial charge in [0.25, 0.3) is 0 Å². The van der Waals surface area contributed by atoms with Gasteiger partial charge in [-0.1, -0.05) is 54.2 Å². The minimum atomic E-state index is -1.13. The van der Waals surface area contributed by atoms with Crippen molar-refractivity contribution in [3.63, 3.8) is 0 Å². The Hall–Kier alpha value is -3.43. The summed E-state index contributed by atoms with van der Waals surface area (Å²) in [6.45, 7) is 0. The van der Waals surface area contributed by atoms with E-state index in [-0.39, 0.29) is 29.2 Å². The molecule has 1 aliphatic heterocycles. The summed E-state index contributed by atoms with van der Waals surface area (Å²) in [6.07, 6.45) is 2.12. The van der Waals surface area contributed by atoms with Crippen LogP contribution in [0.4, 0.5) is 5.69 Å². The summed E-state index contributed by atoms with van der Waals surface area (Å²) in [4.78, 5) is 17.8. The van der Waals surface area contributed by atoms with Crippen LogP contribution in [-0.2, 0) is 11.2 Å². The molecule has 5 N–H and O–H groups in total. The number of thioether (sulfide) groups is 2. The van der Waals surface area contributed by atoms with Crippen LogP contribution in [0.1, 0.15) is 28.0 Å². The predicted octanol–water partition coefficient (Wildman–Crippen LogP) is 4.85. The highest BCUT2D eigenvalue weighted by Crippen LogP contribution is 2.48.